The maximum Gasteiger partial charge on any atom is 0.243 e. The Morgan fingerprint density at radius 2 is 1.67 bits per heavy atom. The van der Waals surface area contributed by atoms with Crippen LogP contribution in [0.1, 0.15) is 42.7 Å². The summed E-state index contributed by atoms with van der Waals surface area (Å²) in [6.07, 6.45) is 4.68. The zero-order chi connectivity index (χ0) is 18.9. The molecule has 142 valence electrons. The van der Waals surface area contributed by atoms with E-state index in [0.717, 1.165) is 37.7 Å². The zero-order valence-corrected chi connectivity index (χ0v) is 16.0. The van der Waals surface area contributed by atoms with Gasteiger partial charge in [-0.2, -0.15) is 4.31 Å². The Labute approximate surface area is 160 Å². The molecular formula is C21H24N2O3S. The van der Waals surface area contributed by atoms with E-state index < -0.39 is 10.0 Å². The van der Waals surface area contributed by atoms with E-state index in [1.165, 1.54) is 9.87 Å². The number of hydrogen-bond donors (Lipinski definition) is 1. The summed E-state index contributed by atoms with van der Waals surface area (Å²) in [4.78, 5) is 13.1. The van der Waals surface area contributed by atoms with E-state index in [1.807, 2.05) is 18.2 Å². The van der Waals surface area contributed by atoms with Crippen LogP contribution in [-0.2, 0) is 21.2 Å². The van der Waals surface area contributed by atoms with Crippen LogP contribution in [0.5, 0.6) is 0 Å². The molecule has 1 unspecified atom stereocenters. The Hall–Kier alpha value is -2.18. The Bertz CT molecular complexity index is 932. The molecule has 1 N–H and O–H groups in total. The largest absolute Gasteiger partial charge is 0.326 e. The van der Waals surface area contributed by atoms with Crippen molar-refractivity contribution in [2.24, 2.45) is 0 Å². The summed E-state index contributed by atoms with van der Waals surface area (Å²) in [5.74, 6) is -0.180. The summed E-state index contributed by atoms with van der Waals surface area (Å²) in [7, 11) is -3.42. The topological polar surface area (TPSA) is 66.5 Å². The monoisotopic (exact) mass is 384 g/mol. The van der Waals surface area contributed by atoms with Crippen molar-refractivity contribution < 1.29 is 13.2 Å². The molecule has 27 heavy (non-hydrogen) atoms. The summed E-state index contributed by atoms with van der Waals surface area (Å²) in [6.45, 7) is 1.17. The molecule has 1 saturated heterocycles. The maximum absolute atomic E-state index is 12.8. The van der Waals surface area contributed by atoms with Crippen LogP contribution in [0.3, 0.4) is 0 Å². The molecule has 0 aromatic heterocycles. The second-order valence-corrected chi connectivity index (χ2v) is 9.21. The predicted molar refractivity (Wildman–Crippen MR) is 105 cm³/mol. The predicted octanol–water partition coefficient (Wildman–Crippen LogP) is 3.53. The summed E-state index contributed by atoms with van der Waals surface area (Å²) in [5, 5.41) is 2.95. The van der Waals surface area contributed by atoms with E-state index in [1.54, 1.807) is 24.3 Å². The molecule has 2 aromatic rings. The van der Waals surface area contributed by atoms with E-state index in [0.29, 0.717) is 18.8 Å². The molecule has 6 heteroatoms. The zero-order valence-electron chi connectivity index (χ0n) is 15.2. The van der Waals surface area contributed by atoms with E-state index in [9.17, 15) is 13.2 Å². The van der Waals surface area contributed by atoms with Gasteiger partial charge in [0.15, 0.2) is 0 Å². The van der Waals surface area contributed by atoms with Gasteiger partial charge in [-0.25, -0.2) is 8.42 Å². The molecular weight excluding hydrogens is 360 g/mol. The summed E-state index contributed by atoms with van der Waals surface area (Å²) < 4.78 is 26.7. The van der Waals surface area contributed by atoms with Crippen LogP contribution in [-0.4, -0.2) is 31.7 Å². The van der Waals surface area contributed by atoms with Gasteiger partial charge in [0.25, 0.3) is 0 Å². The molecule has 0 spiro atoms. The number of nitrogens with zero attached hydrogens (tertiary/aromatic N) is 1. The highest BCUT2D eigenvalue weighted by molar-refractivity contribution is 7.89. The van der Waals surface area contributed by atoms with Crippen molar-refractivity contribution in [3.8, 4) is 0 Å². The highest BCUT2D eigenvalue weighted by Gasteiger charge is 2.28. The molecule has 0 saturated carbocycles. The number of sulfonamides is 1. The van der Waals surface area contributed by atoms with Crippen molar-refractivity contribution >= 4 is 21.6 Å². The Morgan fingerprint density at radius 1 is 0.963 bits per heavy atom. The second kappa shape index (κ2) is 7.44. The van der Waals surface area contributed by atoms with Gasteiger partial charge < -0.3 is 5.32 Å². The van der Waals surface area contributed by atoms with Crippen molar-refractivity contribution in [2.75, 3.05) is 18.4 Å². The minimum absolute atomic E-state index is 0.0303. The van der Waals surface area contributed by atoms with Crippen LogP contribution in [0.2, 0.25) is 0 Å². The smallest absolute Gasteiger partial charge is 0.243 e. The van der Waals surface area contributed by atoms with Crippen LogP contribution in [0.25, 0.3) is 0 Å². The third-order valence-corrected chi connectivity index (χ3v) is 7.42. The number of hydrogen-bond acceptors (Lipinski definition) is 3. The maximum atomic E-state index is 12.8. The first-order chi connectivity index (χ1) is 13.1. The number of carbonyl (C=O) groups excluding carboxylic acids is 1. The molecule has 5 nitrogen and oxygen atoms in total. The first kappa shape index (κ1) is 18.2. The summed E-state index contributed by atoms with van der Waals surface area (Å²) >= 11 is 0. The number of rotatable bonds is 4. The van der Waals surface area contributed by atoms with Crippen molar-refractivity contribution in [1.29, 1.82) is 0 Å². The highest BCUT2D eigenvalue weighted by atomic mass is 32.2. The normalized spacial score (nSPS) is 20.2. The molecule has 0 bridgehead atoms. The third kappa shape index (κ3) is 3.64. The average molecular weight is 385 g/mol. The summed E-state index contributed by atoms with van der Waals surface area (Å²) in [6, 6.07) is 14.6. The standard InChI is InChI=1S/C21H24N2O3S/c24-21(20-9-5-7-16-6-1-2-8-19(16)20)22-17-10-12-18(13-11-17)27(25,26)23-14-3-4-15-23/h1-2,6,8,10-13,20H,3-5,7,9,14-15H2,(H,22,24). The lowest BCUT2D eigenvalue weighted by Gasteiger charge is -2.24. The number of amides is 1. The molecule has 0 radical (unpaired) electrons. The Kier molecular flexibility index (Phi) is 5.02. The number of carbonyl (C=O) groups is 1. The van der Waals surface area contributed by atoms with Crippen LogP contribution >= 0.6 is 0 Å². The van der Waals surface area contributed by atoms with Gasteiger partial charge >= 0.3 is 0 Å². The molecule has 1 aliphatic carbocycles. The summed E-state index contributed by atoms with van der Waals surface area (Å²) in [5.41, 5.74) is 2.98. The fraction of sp³-hybridized carbons (Fsp3) is 0.381. The van der Waals surface area contributed by atoms with Crippen molar-refractivity contribution in [2.45, 2.75) is 42.9 Å². The van der Waals surface area contributed by atoms with Crippen LogP contribution in [0.4, 0.5) is 5.69 Å². The highest BCUT2D eigenvalue weighted by Crippen LogP contribution is 2.32. The van der Waals surface area contributed by atoms with Gasteiger partial charge in [0.1, 0.15) is 0 Å². The minimum Gasteiger partial charge on any atom is -0.326 e. The van der Waals surface area contributed by atoms with Gasteiger partial charge in [-0.15, -0.1) is 0 Å². The third-order valence-electron chi connectivity index (χ3n) is 5.51. The Balaban J connectivity index is 1.48. The molecule has 1 aliphatic heterocycles. The number of benzene rings is 2. The lowest BCUT2D eigenvalue weighted by Crippen LogP contribution is -2.28. The van der Waals surface area contributed by atoms with Gasteiger partial charge in [0.2, 0.25) is 15.9 Å². The molecule has 4 rings (SSSR count). The first-order valence-corrected chi connectivity index (χ1v) is 11.0. The Morgan fingerprint density at radius 3 is 2.41 bits per heavy atom. The quantitative estimate of drug-likeness (QED) is 0.877. The van der Waals surface area contributed by atoms with E-state index in [-0.39, 0.29) is 16.7 Å². The lowest BCUT2D eigenvalue weighted by atomic mass is 9.82. The average Bonchev–Trinajstić information content (AvgIpc) is 3.24. The molecule has 1 fully saturated rings. The second-order valence-electron chi connectivity index (χ2n) is 7.27. The van der Waals surface area contributed by atoms with E-state index in [4.69, 9.17) is 0 Å². The van der Waals surface area contributed by atoms with Crippen molar-refractivity contribution in [3.05, 3.63) is 59.7 Å². The molecule has 2 aromatic carbocycles. The lowest BCUT2D eigenvalue weighted by molar-refractivity contribution is -0.117. The van der Waals surface area contributed by atoms with Crippen LogP contribution in [0.15, 0.2) is 53.4 Å². The molecule has 1 amide bonds. The minimum atomic E-state index is -3.42. The first-order valence-electron chi connectivity index (χ1n) is 9.54. The number of fused-ring (bicyclic) bond motifs is 1. The molecule has 1 atom stereocenters. The van der Waals surface area contributed by atoms with Crippen LogP contribution < -0.4 is 5.32 Å². The molecule has 1 heterocycles. The van der Waals surface area contributed by atoms with Gasteiger partial charge in [0.05, 0.1) is 10.8 Å². The number of nitrogens with one attached hydrogen (secondary N) is 1. The molecule has 2 aliphatic rings. The van der Waals surface area contributed by atoms with Crippen LogP contribution in [0, 0.1) is 0 Å². The van der Waals surface area contributed by atoms with E-state index >= 15 is 0 Å². The van der Waals surface area contributed by atoms with Gasteiger partial charge in [-0.05, 0) is 67.5 Å². The van der Waals surface area contributed by atoms with Crippen molar-refractivity contribution in [3.63, 3.8) is 0 Å². The van der Waals surface area contributed by atoms with Gasteiger partial charge in [-0.1, -0.05) is 24.3 Å². The van der Waals surface area contributed by atoms with Crippen molar-refractivity contribution in [1.82, 2.24) is 4.31 Å². The van der Waals surface area contributed by atoms with Gasteiger partial charge in [-0.3, -0.25) is 4.79 Å². The fourth-order valence-electron chi connectivity index (χ4n) is 4.04. The van der Waals surface area contributed by atoms with Gasteiger partial charge in [0, 0.05) is 18.8 Å². The number of anilines is 1. The number of aryl methyl sites for hydroxylation is 1. The SMILES string of the molecule is O=C(Nc1ccc(S(=O)(=O)N2CCCC2)cc1)C1CCCc2ccccc21. The fourth-order valence-corrected chi connectivity index (χ4v) is 5.56. The van der Waals surface area contributed by atoms with E-state index in [2.05, 4.69) is 11.4 Å².